The number of aliphatic hydroxyl groups is 1. The Bertz CT molecular complexity index is 787. The second kappa shape index (κ2) is 14.6. The molecule has 2 aromatic carbocycles. The Hall–Kier alpha value is -2.33. The normalized spacial score (nSPS) is 11.8. The van der Waals surface area contributed by atoms with Crippen LogP contribution in [0, 0.1) is 0 Å². The first-order valence-corrected chi connectivity index (χ1v) is 9.84. The number of guanidine groups is 1. The Morgan fingerprint density at radius 2 is 1.90 bits per heavy atom. The summed E-state index contributed by atoms with van der Waals surface area (Å²) < 4.78 is 5.72. The van der Waals surface area contributed by atoms with Gasteiger partial charge in [-0.05, 0) is 31.0 Å². The van der Waals surface area contributed by atoms with Crippen molar-refractivity contribution in [2.45, 2.75) is 26.4 Å². The first kappa shape index (κ1) is 25.7. The number of aliphatic hydroxyl groups excluding tert-OH is 1. The molecule has 0 aliphatic rings. The third-order valence-corrected chi connectivity index (χ3v) is 4.02. The first-order chi connectivity index (χ1) is 14.1. The molecular weight excluding hydrogens is 495 g/mol. The van der Waals surface area contributed by atoms with Crippen molar-refractivity contribution in [3.63, 3.8) is 0 Å². The number of amides is 1. The summed E-state index contributed by atoms with van der Waals surface area (Å²) in [6.07, 6.45) is 0.0228. The van der Waals surface area contributed by atoms with E-state index >= 15 is 0 Å². The van der Waals surface area contributed by atoms with Gasteiger partial charge in [-0.2, -0.15) is 0 Å². The lowest BCUT2D eigenvalue weighted by molar-refractivity contribution is -0.114. The van der Waals surface area contributed by atoms with Gasteiger partial charge in [0, 0.05) is 31.8 Å². The molecule has 0 radical (unpaired) electrons. The van der Waals surface area contributed by atoms with Crippen LogP contribution in [0.5, 0.6) is 5.75 Å². The van der Waals surface area contributed by atoms with Gasteiger partial charge >= 0.3 is 0 Å². The van der Waals surface area contributed by atoms with Gasteiger partial charge in [0.25, 0.3) is 0 Å². The van der Waals surface area contributed by atoms with Crippen LogP contribution in [0.2, 0.25) is 0 Å². The van der Waals surface area contributed by atoms with Gasteiger partial charge < -0.3 is 25.8 Å². The van der Waals surface area contributed by atoms with Crippen LogP contribution in [0.25, 0.3) is 0 Å². The molecule has 0 spiro atoms. The predicted octanol–water partition coefficient (Wildman–Crippen LogP) is 3.32. The summed E-state index contributed by atoms with van der Waals surface area (Å²) in [6, 6.07) is 16.9. The van der Waals surface area contributed by atoms with Crippen molar-refractivity contribution in [3.05, 3.63) is 60.2 Å². The highest BCUT2D eigenvalue weighted by atomic mass is 127. The zero-order valence-electron chi connectivity index (χ0n) is 17.4. The molecule has 0 heterocycles. The van der Waals surface area contributed by atoms with Gasteiger partial charge in [0.15, 0.2) is 5.96 Å². The molecule has 1 atom stereocenters. The fourth-order valence-corrected chi connectivity index (χ4v) is 2.69. The summed E-state index contributed by atoms with van der Waals surface area (Å²) >= 11 is 0. The molecule has 1 amide bonds. The fraction of sp³-hybridized carbons (Fsp3) is 0.364. The Kier molecular flexibility index (Phi) is 12.5. The standard InChI is InChI=1S/C22H30N4O3.HI/c1-3-23-22(24-13-12-21(28)18-8-5-4-6-9-18)25-14-15-29-20-11-7-10-19(16-20)26-17(2)27;/h4-11,16,21,28H,3,12-15H2,1-2H3,(H,26,27)(H2,23,24,25);1H. The number of nitrogens with zero attached hydrogens (tertiary/aromatic N) is 1. The largest absolute Gasteiger partial charge is 0.492 e. The number of benzene rings is 2. The number of rotatable bonds is 10. The molecule has 30 heavy (non-hydrogen) atoms. The highest BCUT2D eigenvalue weighted by Gasteiger charge is 2.06. The number of hydrogen-bond donors (Lipinski definition) is 4. The van der Waals surface area contributed by atoms with Crippen molar-refractivity contribution in [3.8, 4) is 5.75 Å². The molecule has 2 aromatic rings. The first-order valence-electron chi connectivity index (χ1n) is 9.84. The van der Waals surface area contributed by atoms with Crippen LogP contribution in [0.15, 0.2) is 59.6 Å². The van der Waals surface area contributed by atoms with E-state index in [0.29, 0.717) is 43.5 Å². The van der Waals surface area contributed by atoms with Crippen LogP contribution in [-0.4, -0.2) is 43.2 Å². The Morgan fingerprint density at radius 3 is 2.60 bits per heavy atom. The number of hydrogen-bond acceptors (Lipinski definition) is 4. The molecule has 0 aromatic heterocycles. The molecule has 164 valence electrons. The summed E-state index contributed by atoms with van der Waals surface area (Å²) in [5, 5.41) is 19.3. The highest BCUT2D eigenvalue weighted by Crippen LogP contribution is 2.17. The fourth-order valence-electron chi connectivity index (χ4n) is 2.69. The molecule has 1 unspecified atom stereocenters. The highest BCUT2D eigenvalue weighted by molar-refractivity contribution is 14.0. The third-order valence-electron chi connectivity index (χ3n) is 4.02. The molecular formula is C22H31IN4O3. The second-order valence-electron chi connectivity index (χ2n) is 6.46. The quantitative estimate of drug-likeness (QED) is 0.165. The molecule has 0 fully saturated rings. The predicted molar refractivity (Wildman–Crippen MR) is 132 cm³/mol. The number of ether oxygens (including phenoxy) is 1. The van der Waals surface area contributed by atoms with E-state index in [9.17, 15) is 9.90 Å². The summed E-state index contributed by atoms with van der Waals surface area (Å²) in [4.78, 5) is 15.6. The van der Waals surface area contributed by atoms with Crippen molar-refractivity contribution in [2.24, 2.45) is 4.99 Å². The van der Waals surface area contributed by atoms with Gasteiger partial charge in [0.2, 0.25) is 5.91 Å². The molecule has 0 aliphatic carbocycles. The van der Waals surface area contributed by atoms with E-state index in [1.807, 2.05) is 55.5 Å². The molecule has 2 rings (SSSR count). The number of aliphatic imine (C=N–C) groups is 1. The molecule has 0 saturated heterocycles. The maximum absolute atomic E-state index is 11.1. The third kappa shape index (κ3) is 9.93. The second-order valence-corrected chi connectivity index (χ2v) is 6.46. The van der Waals surface area contributed by atoms with E-state index in [1.165, 1.54) is 6.92 Å². The van der Waals surface area contributed by atoms with Crippen molar-refractivity contribution in [1.29, 1.82) is 0 Å². The van der Waals surface area contributed by atoms with Gasteiger partial charge in [-0.25, -0.2) is 0 Å². The Balaban J connectivity index is 0.00000450. The van der Waals surface area contributed by atoms with Crippen molar-refractivity contribution in [2.75, 3.05) is 31.6 Å². The molecule has 0 bridgehead atoms. The topological polar surface area (TPSA) is 95.0 Å². The van der Waals surface area contributed by atoms with E-state index in [4.69, 9.17) is 4.74 Å². The smallest absolute Gasteiger partial charge is 0.221 e. The van der Waals surface area contributed by atoms with E-state index in [0.717, 1.165) is 12.1 Å². The van der Waals surface area contributed by atoms with Crippen molar-refractivity contribution in [1.82, 2.24) is 10.6 Å². The lowest BCUT2D eigenvalue weighted by Crippen LogP contribution is -2.39. The van der Waals surface area contributed by atoms with E-state index in [1.54, 1.807) is 6.07 Å². The zero-order chi connectivity index (χ0) is 20.9. The Morgan fingerprint density at radius 1 is 1.13 bits per heavy atom. The van der Waals surface area contributed by atoms with Crippen LogP contribution in [0.3, 0.4) is 0 Å². The van der Waals surface area contributed by atoms with Crippen LogP contribution in [0.1, 0.15) is 31.9 Å². The maximum atomic E-state index is 11.1. The molecule has 8 heteroatoms. The molecule has 4 N–H and O–H groups in total. The minimum atomic E-state index is -0.526. The van der Waals surface area contributed by atoms with E-state index < -0.39 is 6.10 Å². The summed E-state index contributed by atoms with van der Waals surface area (Å²) in [5.74, 6) is 1.25. The van der Waals surface area contributed by atoms with E-state index in [2.05, 4.69) is 20.9 Å². The van der Waals surface area contributed by atoms with Crippen LogP contribution < -0.4 is 20.7 Å². The van der Waals surface area contributed by atoms with Gasteiger partial charge in [-0.15, -0.1) is 24.0 Å². The van der Waals surface area contributed by atoms with Crippen molar-refractivity contribution >= 4 is 41.5 Å². The van der Waals surface area contributed by atoms with Gasteiger partial charge in [0.1, 0.15) is 12.4 Å². The minimum absolute atomic E-state index is 0. The van der Waals surface area contributed by atoms with Gasteiger partial charge in [-0.1, -0.05) is 36.4 Å². The number of nitrogens with one attached hydrogen (secondary N) is 3. The number of anilines is 1. The lowest BCUT2D eigenvalue weighted by atomic mass is 10.1. The van der Waals surface area contributed by atoms with Crippen LogP contribution in [-0.2, 0) is 4.79 Å². The summed E-state index contributed by atoms with van der Waals surface area (Å²) in [7, 11) is 0. The average molecular weight is 526 g/mol. The van der Waals surface area contributed by atoms with Crippen molar-refractivity contribution < 1.29 is 14.6 Å². The molecule has 0 saturated carbocycles. The molecule has 7 nitrogen and oxygen atoms in total. The number of carbonyl (C=O) groups is 1. The Labute approximate surface area is 195 Å². The lowest BCUT2D eigenvalue weighted by Gasteiger charge is -2.13. The van der Waals surface area contributed by atoms with Crippen LogP contribution in [0.4, 0.5) is 5.69 Å². The van der Waals surface area contributed by atoms with Gasteiger partial charge in [-0.3, -0.25) is 9.79 Å². The molecule has 0 aliphatic heterocycles. The summed E-state index contributed by atoms with van der Waals surface area (Å²) in [5.41, 5.74) is 1.60. The summed E-state index contributed by atoms with van der Waals surface area (Å²) in [6.45, 7) is 5.73. The maximum Gasteiger partial charge on any atom is 0.221 e. The SMILES string of the molecule is CCNC(=NCCC(O)c1ccccc1)NCCOc1cccc(NC(C)=O)c1.I. The minimum Gasteiger partial charge on any atom is -0.492 e. The van der Waals surface area contributed by atoms with E-state index in [-0.39, 0.29) is 29.9 Å². The zero-order valence-corrected chi connectivity index (χ0v) is 19.8. The van der Waals surface area contributed by atoms with Gasteiger partial charge in [0.05, 0.1) is 12.6 Å². The van der Waals surface area contributed by atoms with Crippen LogP contribution >= 0.6 is 24.0 Å². The monoisotopic (exact) mass is 526 g/mol. The number of carbonyl (C=O) groups excluding carboxylic acids is 1. The average Bonchev–Trinajstić information content (AvgIpc) is 2.71. The number of halogens is 1.